The molecule has 0 bridgehead atoms. The van der Waals surface area contributed by atoms with Crippen molar-refractivity contribution in [1.82, 2.24) is 14.9 Å². The van der Waals surface area contributed by atoms with E-state index in [4.69, 9.17) is 0 Å². The number of aryl methyl sites for hydroxylation is 1. The lowest BCUT2D eigenvalue weighted by atomic mass is 10.2. The van der Waals surface area contributed by atoms with Crippen LogP contribution in [-0.2, 0) is 6.54 Å². The summed E-state index contributed by atoms with van der Waals surface area (Å²) in [5.41, 5.74) is 2.12. The third-order valence-electron chi connectivity index (χ3n) is 4.13. The van der Waals surface area contributed by atoms with E-state index in [0.29, 0.717) is 24.5 Å². The molecule has 0 atom stereocenters. The van der Waals surface area contributed by atoms with Gasteiger partial charge in [0, 0.05) is 30.5 Å². The fourth-order valence-corrected chi connectivity index (χ4v) is 2.73. The van der Waals surface area contributed by atoms with Gasteiger partial charge in [0.25, 0.3) is 5.91 Å². The predicted octanol–water partition coefficient (Wildman–Crippen LogP) is 4.47. The summed E-state index contributed by atoms with van der Waals surface area (Å²) in [6, 6.07) is 14.7. The average Bonchev–Trinajstić information content (AvgIpc) is 2.69. The second-order valence-corrected chi connectivity index (χ2v) is 6.28. The number of hydrogen-bond donors (Lipinski definition) is 1. The summed E-state index contributed by atoms with van der Waals surface area (Å²) in [7, 11) is 0. The Kier molecular flexibility index (Phi) is 5.93. The highest BCUT2D eigenvalue weighted by Crippen LogP contribution is 2.18. The molecule has 0 aliphatic carbocycles. The van der Waals surface area contributed by atoms with Gasteiger partial charge in [-0.2, -0.15) is 0 Å². The Morgan fingerprint density at radius 1 is 1.04 bits per heavy atom. The van der Waals surface area contributed by atoms with Gasteiger partial charge in [0.1, 0.15) is 5.69 Å². The smallest absolute Gasteiger partial charge is 0.272 e. The molecule has 3 aromatic rings. The number of rotatable bonds is 6. The molecule has 0 unspecified atom stereocenters. The van der Waals surface area contributed by atoms with E-state index in [1.165, 1.54) is 6.07 Å². The van der Waals surface area contributed by atoms with Crippen LogP contribution in [0.25, 0.3) is 0 Å². The summed E-state index contributed by atoms with van der Waals surface area (Å²) >= 11 is 0. The molecule has 5 nitrogen and oxygen atoms in total. The van der Waals surface area contributed by atoms with Crippen LogP contribution in [0.4, 0.5) is 20.4 Å². The van der Waals surface area contributed by atoms with E-state index in [-0.39, 0.29) is 17.5 Å². The summed E-state index contributed by atoms with van der Waals surface area (Å²) in [5, 5.41) is 2.82. The third-order valence-corrected chi connectivity index (χ3v) is 4.13. The lowest BCUT2D eigenvalue weighted by Gasteiger charge is -2.21. The molecule has 2 aromatic carbocycles. The van der Waals surface area contributed by atoms with Crippen molar-refractivity contribution in [3.63, 3.8) is 0 Å². The maximum atomic E-state index is 13.4. The molecule has 0 saturated heterocycles. The topological polar surface area (TPSA) is 58.1 Å². The minimum Gasteiger partial charge on any atom is -0.333 e. The summed E-state index contributed by atoms with van der Waals surface area (Å²) in [5.74, 6) is -2.00. The molecule has 0 fully saturated rings. The molecule has 7 heteroatoms. The van der Waals surface area contributed by atoms with Gasteiger partial charge in [-0.1, -0.05) is 30.3 Å². The minimum atomic E-state index is -0.978. The molecule has 144 valence electrons. The Balaban J connectivity index is 1.82. The highest BCUT2D eigenvalue weighted by molar-refractivity contribution is 5.92. The van der Waals surface area contributed by atoms with Crippen LogP contribution in [0.3, 0.4) is 0 Å². The van der Waals surface area contributed by atoms with Crippen LogP contribution in [-0.4, -0.2) is 27.3 Å². The van der Waals surface area contributed by atoms with Gasteiger partial charge in [-0.3, -0.25) is 4.79 Å². The summed E-state index contributed by atoms with van der Waals surface area (Å²) in [6.45, 7) is 4.62. The maximum absolute atomic E-state index is 13.4. The summed E-state index contributed by atoms with van der Waals surface area (Å²) in [6.07, 6.45) is 0. The van der Waals surface area contributed by atoms with Crippen molar-refractivity contribution in [3.8, 4) is 0 Å². The Morgan fingerprint density at radius 2 is 1.79 bits per heavy atom. The molecule has 1 amide bonds. The van der Waals surface area contributed by atoms with Crippen molar-refractivity contribution in [2.45, 2.75) is 20.4 Å². The van der Waals surface area contributed by atoms with Crippen LogP contribution in [0.15, 0.2) is 54.6 Å². The quantitative estimate of drug-likeness (QED) is 0.683. The predicted molar refractivity (Wildman–Crippen MR) is 103 cm³/mol. The number of anilines is 2. The highest BCUT2D eigenvalue weighted by atomic mass is 19.2. The number of amides is 1. The van der Waals surface area contributed by atoms with Gasteiger partial charge in [0.2, 0.25) is 5.95 Å². The van der Waals surface area contributed by atoms with E-state index in [1.807, 2.05) is 37.3 Å². The second-order valence-electron chi connectivity index (χ2n) is 6.28. The largest absolute Gasteiger partial charge is 0.333 e. The van der Waals surface area contributed by atoms with Crippen molar-refractivity contribution >= 4 is 17.5 Å². The number of carbonyl (C=O) groups is 1. The Morgan fingerprint density at radius 3 is 2.46 bits per heavy atom. The van der Waals surface area contributed by atoms with Crippen molar-refractivity contribution in [2.24, 2.45) is 0 Å². The Hall–Kier alpha value is -3.35. The fraction of sp³-hybridized carbons (Fsp3) is 0.190. The molecular weight excluding hydrogens is 362 g/mol. The van der Waals surface area contributed by atoms with Gasteiger partial charge in [0.15, 0.2) is 11.6 Å². The molecule has 1 N–H and O–H groups in total. The highest BCUT2D eigenvalue weighted by Gasteiger charge is 2.18. The molecule has 1 aromatic heterocycles. The maximum Gasteiger partial charge on any atom is 0.272 e. The molecule has 1 heterocycles. The third kappa shape index (κ3) is 4.68. The van der Waals surface area contributed by atoms with Gasteiger partial charge in [-0.15, -0.1) is 0 Å². The number of nitrogens with one attached hydrogen (secondary N) is 1. The first-order chi connectivity index (χ1) is 13.5. The number of carbonyl (C=O) groups excluding carboxylic acids is 1. The summed E-state index contributed by atoms with van der Waals surface area (Å²) in [4.78, 5) is 23.1. The van der Waals surface area contributed by atoms with E-state index in [9.17, 15) is 13.6 Å². The van der Waals surface area contributed by atoms with Crippen LogP contribution in [0, 0.1) is 18.6 Å². The van der Waals surface area contributed by atoms with Crippen LogP contribution in [0.2, 0.25) is 0 Å². The Bertz CT molecular complexity index is 979. The first-order valence-electron chi connectivity index (χ1n) is 8.87. The molecule has 0 aliphatic heterocycles. The van der Waals surface area contributed by atoms with E-state index >= 15 is 0 Å². The zero-order chi connectivity index (χ0) is 20.1. The van der Waals surface area contributed by atoms with Crippen LogP contribution in [0.5, 0.6) is 0 Å². The zero-order valence-electron chi connectivity index (χ0n) is 15.6. The fourth-order valence-electron chi connectivity index (χ4n) is 2.73. The standard InChI is InChI=1S/C21H20F2N4O/c1-3-27(13-15-7-5-4-6-8-15)20(28)19-11-14(2)24-21(26-19)25-16-9-10-17(22)18(23)12-16/h4-12H,3,13H2,1-2H3,(H,24,25,26). The van der Waals surface area contributed by atoms with E-state index in [1.54, 1.807) is 17.9 Å². The number of nitrogens with zero attached hydrogens (tertiary/aromatic N) is 3. The van der Waals surface area contributed by atoms with Gasteiger partial charge in [-0.25, -0.2) is 18.7 Å². The van der Waals surface area contributed by atoms with E-state index in [2.05, 4.69) is 15.3 Å². The normalized spacial score (nSPS) is 10.6. The van der Waals surface area contributed by atoms with Crippen LogP contribution < -0.4 is 5.32 Å². The van der Waals surface area contributed by atoms with Crippen molar-refractivity contribution < 1.29 is 13.6 Å². The molecule has 0 aliphatic rings. The summed E-state index contributed by atoms with van der Waals surface area (Å²) < 4.78 is 26.5. The molecule has 3 rings (SSSR count). The van der Waals surface area contributed by atoms with E-state index < -0.39 is 11.6 Å². The Labute approximate surface area is 162 Å². The molecule has 0 spiro atoms. The monoisotopic (exact) mass is 382 g/mol. The average molecular weight is 382 g/mol. The first kappa shape index (κ1) is 19.4. The van der Waals surface area contributed by atoms with Gasteiger partial charge in [0.05, 0.1) is 0 Å². The molecule has 0 saturated carbocycles. The minimum absolute atomic E-state index is 0.144. The number of hydrogen-bond acceptors (Lipinski definition) is 4. The van der Waals surface area contributed by atoms with Gasteiger partial charge in [-0.05, 0) is 37.6 Å². The lowest BCUT2D eigenvalue weighted by molar-refractivity contribution is 0.0746. The molecule has 28 heavy (non-hydrogen) atoms. The SMILES string of the molecule is CCN(Cc1ccccc1)C(=O)c1cc(C)nc(Nc2ccc(F)c(F)c2)n1. The number of aromatic nitrogens is 2. The van der Waals surface area contributed by atoms with Gasteiger partial charge < -0.3 is 10.2 Å². The van der Waals surface area contributed by atoms with Crippen molar-refractivity contribution in [2.75, 3.05) is 11.9 Å². The van der Waals surface area contributed by atoms with Crippen molar-refractivity contribution in [1.29, 1.82) is 0 Å². The van der Waals surface area contributed by atoms with Gasteiger partial charge >= 0.3 is 0 Å². The van der Waals surface area contributed by atoms with Crippen LogP contribution >= 0.6 is 0 Å². The number of halogens is 2. The van der Waals surface area contributed by atoms with E-state index in [0.717, 1.165) is 17.7 Å². The number of benzene rings is 2. The zero-order valence-corrected chi connectivity index (χ0v) is 15.6. The molecular formula is C21H20F2N4O. The lowest BCUT2D eigenvalue weighted by Crippen LogP contribution is -2.31. The van der Waals surface area contributed by atoms with Crippen molar-refractivity contribution in [3.05, 3.63) is 83.2 Å². The molecule has 0 radical (unpaired) electrons. The van der Waals surface area contributed by atoms with Crippen LogP contribution in [0.1, 0.15) is 28.7 Å². The first-order valence-corrected chi connectivity index (χ1v) is 8.87. The second kappa shape index (κ2) is 8.56.